The second kappa shape index (κ2) is 7.88. The van der Waals surface area contributed by atoms with Crippen molar-refractivity contribution in [3.8, 4) is 0 Å². The Hall–Kier alpha value is -1.35. The molecule has 0 aromatic rings. The molecule has 0 heterocycles. The first-order valence-corrected chi connectivity index (χ1v) is 7.22. The lowest BCUT2D eigenvalue weighted by atomic mass is 10.1. The first-order valence-electron chi connectivity index (χ1n) is 5.51. The molecule has 0 rings (SSSR count). The molecule has 5 N–H and O–H groups in total. The maximum Gasteiger partial charge on any atom is 0.315 e. The van der Waals surface area contributed by atoms with Gasteiger partial charge in [-0.05, 0) is 6.42 Å². The van der Waals surface area contributed by atoms with Crippen LogP contribution in [0.2, 0.25) is 0 Å². The molecule has 0 spiro atoms. The van der Waals surface area contributed by atoms with Gasteiger partial charge in [0.05, 0.1) is 12.2 Å². The molecule has 2 amide bonds. The van der Waals surface area contributed by atoms with Crippen LogP contribution in [0, 0.1) is 0 Å². The van der Waals surface area contributed by atoms with Gasteiger partial charge in [0.15, 0.2) is 0 Å². The third-order valence-corrected chi connectivity index (χ3v) is 2.84. The average Bonchev–Trinajstić information content (AvgIpc) is 2.14. The minimum atomic E-state index is -3.61. The summed E-state index contributed by atoms with van der Waals surface area (Å²) in [6, 6.07) is -1.07. The Morgan fingerprint density at radius 3 is 2.44 bits per heavy atom. The molecule has 1 atom stereocenters. The van der Waals surface area contributed by atoms with Crippen molar-refractivity contribution in [1.29, 1.82) is 0 Å². The Morgan fingerprint density at radius 1 is 1.39 bits per heavy atom. The Morgan fingerprint density at radius 2 is 2.00 bits per heavy atom. The van der Waals surface area contributed by atoms with Crippen LogP contribution in [0.25, 0.3) is 0 Å². The minimum absolute atomic E-state index is 0.115. The zero-order chi connectivity index (χ0) is 14.2. The van der Waals surface area contributed by atoms with Gasteiger partial charge in [-0.25, -0.2) is 18.4 Å². The summed E-state index contributed by atoms with van der Waals surface area (Å²) in [6.07, 6.45) is 1.10. The van der Waals surface area contributed by atoms with Crippen molar-refractivity contribution >= 4 is 22.0 Å². The van der Waals surface area contributed by atoms with Crippen LogP contribution >= 0.6 is 0 Å². The number of carboxylic acid groups (broad SMARTS) is 1. The van der Waals surface area contributed by atoms with Crippen molar-refractivity contribution in [3.63, 3.8) is 0 Å². The Balaban J connectivity index is 4.05. The molecule has 0 bridgehead atoms. The third-order valence-electron chi connectivity index (χ3n) is 2.07. The molecule has 0 aromatic carbocycles. The van der Waals surface area contributed by atoms with Crippen molar-refractivity contribution in [2.24, 2.45) is 5.14 Å². The van der Waals surface area contributed by atoms with E-state index in [1.165, 1.54) is 0 Å². The second-order valence-electron chi connectivity index (χ2n) is 3.85. The van der Waals surface area contributed by atoms with Gasteiger partial charge in [-0.3, -0.25) is 4.79 Å². The average molecular weight is 281 g/mol. The molecule has 106 valence electrons. The number of hydrogen-bond acceptors (Lipinski definition) is 4. The highest BCUT2D eigenvalue weighted by Gasteiger charge is 2.15. The number of primary sulfonamides is 1. The van der Waals surface area contributed by atoms with Gasteiger partial charge in [-0.15, -0.1) is 0 Å². The molecule has 0 aliphatic heterocycles. The lowest BCUT2D eigenvalue weighted by Gasteiger charge is -2.16. The number of sulfonamides is 1. The first-order chi connectivity index (χ1) is 8.24. The summed E-state index contributed by atoms with van der Waals surface area (Å²) < 4.78 is 21.2. The first kappa shape index (κ1) is 16.6. The van der Waals surface area contributed by atoms with E-state index < -0.39 is 28.1 Å². The summed E-state index contributed by atoms with van der Waals surface area (Å²) in [4.78, 5) is 21.9. The molecular formula is C9H19N3O5S. The highest BCUT2D eigenvalue weighted by molar-refractivity contribution is 7.89. The molecule has 9 heteroatoms. The number of aliphatic carboxylic acids is 1. The quantitative estimate of drug-likeness (QED) is 0.462. The molecule has 0 aliphatic carbocycles. The maximum atomic E-state index is 11.3. The summed E-state index contributed by atoms with van der Waals surface area (Å²) >= 11 is 0. The van der Waals surface area contributed by atoms with Crippen LogP contribution in [0.1, 0.15) is 26.2 Å². The van der Waals surface area contributed by atoms with Crippen molar-refractivity contribution in [2.45, 2.75) is 32.2 Å². The van der Waals surface area contributed by atoms with Crippen LogP contribution in [-0.2, 0) is 14.8 Å². The summed E-state index contributed by atoms with van der Waals surface area (Å²) in [5, 5.41) is 18.2. The predicted molar refractivity (Wildman–Crippen MR) is 65.5 cm³/mol. The lowest BCUT2D eigenvalue weighted by molar-refractivity contribution is -0.137. The van der Waals surface area contributed by atoms with E-state index in [0.29, 0.717) is 6.42 Å². The molecule has 0 saturated carbocycles. The topological polar surface area (TPSA) is 139 Å². The van der Waals surface area contributed by atoms with E-state index in [-0.39, 0.29) is 18.7 Å². The van der Waals surface area contributed by atoms with Gasteiger partial charge >= 0.3 is 12.0 Å². The predicted octanol–water partition coefficient (Wildman–Crippen LogP) is -0.782. The van der Waals surface area contributed by atoms with Gasteiger partial charge in [0.2, 0.25) is 10.0 Å². The van der Waals surface area contributed by atoms with Crippen LogP contribution in [0.5, 0.6) is 0 Å². The smallest absolute Gasteiger partial charge is 0.315 e. The molecule has 0 aliphatic rings. The van der Waals surface area contributed by atoms with Crippen molar-refractivity contribution in [3.05, 3.63) is 0 Å². The second-order valence-corrected chi connectivity index (χ2v) is 5.58. The van der Waals surface area contributed by atoms with E-state index in [0.717, 1.165) is 6.42 Å². The summed E-state index contributed by atoms with van der Waals surface area (Å²) in [7, 11) is -3.61. The number of urea groups is 1. The highest BCUT2D eigenvalue weighted by Crippen LogP contribution is 2.01. The number of nitrogens with one attached hydrogen (secondary N) is 2. The molecule has 0 fully saturated rings. The minimum Gasteiger partial charge on any atom is -0.481 e. The number of rotatable bonds is 8. The van der Waals surface area contributed by atoms with Crippen LogP contribution < -0.4 is 15.8 Å². The monoisotopic (exact) mass is 281 g/mol. The standard InChI is InChI=1S/C9H19N3O5S/c1-2-3-7(6-8(13)14)12-9(15)11-4-5-18(10,16)17/h7H,2-6H2,1H3,(H,13,14)(H2,10,16,17)(H2,11,12,15). The highest BCUT2D eigenvalue weighted by atomic mass is 32.2. The maximum absolute atomic E-state index is 11.3. The van der Waals surface area contributed by atoms with Crippen molar-refractivity contribution in [2.75, 3.05) is 12.3 Å². The fraction of sp³-hybridized carbons (Fsp3) is 0.778. The van der Waals surface area contributed by atoms with Crippen LogP contribution in [0.4, 0.5) is 4.79 Å². The number of nitrogens with two attached hydrogens (primary N) is 1. The Labute approximate surface area is 106 Å². The van der Waals surface area contributed by atoms with E-state index in [1.807, 2.05) is 6.92 Å². The molecular weight excluding hydrogens is 262 g/mol. The zero-order valence-corrected chi connectivity index (χ0v) is 11.0. The molecule has 0 aromatic heterocycles. The van der Waals surface area contributed by atoms with Crippen LogP contribution in [0.3, 0.4) is 0 Å². The van der Waals surface area contributed by atoms with E-state index in [9.17, 15) is 18.0 Å². The summed E-state index contributed by atoms with van der Waals surface area (Å²) in [5.41, 5.74) is 0. The van der Waals surface area contributed by atoms with Crippen LogP contribution in [0.15, 0.2) is 0 Å². The van der Waals surface area contributed by atoms with Gasteiger partial charge < -0.3 is 15.7 Å². The number of amides is 2. The van der Waals surface area contributed by atoms with Gasteiger partial charge in [0.25, 0.3) is 0 Å². The lowest BCUT2D eigenvalue weighted by Crippen LogP contribution is -2.44. The fourth-order valence-electron chi connectivity index (χ4n) is 1.33. The number of carboxylic acids is 1. The van der Waals surface area contributed by atoms with Gasteiger partial charge in [-0.2, -0.15) is 0 Å². The summed E-state index contributed by atoms with van der Waals surface area (Å²) in [5.74, 6) is -1.36. The Kier molecular flexibility index (Phi) is 7.29. The van der Waals surface area contributed by atoms with Gasteiger partial charge in [-0.1, -0.05) is 13.3 Å². The molecule has 8 nitrogen and oxygen atoms in total. The number of carbonyl (C=O) groups excluding carboxylic acids is 1. The zero-order valence-electron chi connectivity index (χ0n) is 10.2. The van der Waals surface area contributed by atoms with E-state index in [4.69, 9.17) is 10.2 Å². The molecule has 0 radical (unpaired) electrons. The molecule has 18 heavy (non-hydrogen) atoms. The molecule has 1 unspecified atom stereocenters. The number of hydrogen-bond donors (Lipinski definition) is 4. The van der Waals surface area contributed by atoms with Crippen LogP contribution in [-0.4, -0.2) is 43.9 Å². The third kappa shape index (κ3) is 9.85. The summed E-state index contributed by atoms with van der Waals surface area (Å²) in [6.45, 7) is 1.76. The van der Waals surface area contributed by atoms with E-state index in [1.54, 1.807) is 0 Å². The largest absolute Gasteiger partial charge is 0.481 e. The van der Waals surface area contributed by atoms with Gasteiger partial charge in [0.1, 0.15) is 0 Å². The molecule has 0 saturated heterocycles. The number of carbonyl (C=O) groups is 2. The van der Waals surface area contributed by atoms with Crippen molar-refractivity contribution < 1.29 is 23.1 Å². The SMILES string of the molecule is CCCC(CC(=O)O)NC(=O)NCCS(N)(=O)=O. The normalized spacial score (nSPS) is 12.8. The Bertz CT molecular complexity index is 382. The van der Waals surface area contributed by atoms with E-state index in [2.05, 4.69) is 10.6 Å². The fourth-order valence-corrected chi connectivity index (χ4v) is 1.71. The van der Waals surface area contributed by atoms with Gasteiger partial charge in [0, 0.05) is 12.6 Å². The van der Waals surface area contributed by atoms with E-state index >= 15 is 0 Å². The van der Waals surface area contributed by atoms with Crippen molar-refractivity contribution in [1.82, 2.24) is 10.6 Å².